The van der Waals surface area contributed by atoms with Gasteiger partial charge in [0.05, 0.1) is 18.3 Å². The number of nitrogens with zero attached hydrogens (tertiary/aromatic N) is 1. The molecule has 0 spiro atoms. The molecule has 1 N–H and O–H groups in total. The molecule has 0 bridgehead atoms. The summed E-state index contributed by atoms with van der Waals surface area (Å²) in [6.07, 6.45) is 9.07. The molecule has 0 unspecified atom stereocenters. The zero-order valence-corrected chi connectivity index (χ0v) is 13.3. The second-order valence-electron chi connectivity index (χ2n) is 5.16. The fourth-order valence-corrected chi connectivity index (χ4v) is 2.27. The molecule has 0 aliphatic heterocycles. The second-order valence-corrected chi connectivity index (χ2v) is 5.16. The molecule has 0 fully saturated rings. The summed E-state index contributed by atoms with van der Waals surface area (Å²) < 4.78 is 10.7. The number of nitrogens with one attached hydrogen (secondary N) is 1. The Morgan fingerprint density at radius 2 is 1.95 bits per heavy atom. The van der Waals surface area contributed by atoms with Crippen molar-refractivity contribution < 1.29 is 9.15 Å². The molecule has 22 heavy (non-hydrogen) atoms. The van der Waals surface area contributed by atoms with Gasteiger partial charge in [0.25, 0.3) is 0 Å². The molecule has 1 aromatic heterocycles. The maximum Gasteiger partial charge on any atom is 0.226 e. The van der Waals surface area contributed by atoms with Gasteiger partial charge in [-0.25, -0.2) is 4.98 Å². The first kappa shape index (κ1) is 16.1. The summed E-state index contributed by atoms with van der Waals surface area (Å²) in [5, 5.41) is 3.40. The van der Waals surface area contributed by atoms with E-state index in [1.54, 1.807) is 13.4 Å². The second kappa shape index (κ2) is 7.15. The Kier molecular flexibility index (Phi) is 5.24. The first-order chi connectivity index (χ1) is 10.7. The van der Waals surface area contributed by atoms with Crippen molar-refractivity contribution in [3.05, 3.63) is 36.2 Å². The number of methoxy groups -OCH3 is 1. The number of terminal acetylenes is 1. The van der Waals surface area contributed by atoms with E-state index in [1.165, 1.54) is 0 Å². The van der Waals surface area contributed by atoms with Gasteiger partial charge in [0.1, 0.15) is 12.0 Å². The van der Waals surface area contributed by atoms with Crippen molar-refractivity contribution in [2.75, 3.05) is 7.11 Å². The molecule has 0 aliphatic rings. The first-order valence-corrected chi connectivity index (χ1v) is 7.48. The van der Waals surface area contributed by atoms with Gasteiger partial charge in [-0.1, -0.05) is 19.8 Å². The molecular formula is C18H22N2O2. The smallest absolute Gasteiger partial charge is 0.226 e. The topological polar surface area (TPSA) is 47.3 Å². The quantitative estimate of drug-likeness (QED) is 0.793. The number of ether oxygens (including phenoxy) is 1. The summed E-state index contributed by atoms with van der Waals surface area (Å²) in [5.74, 6) is 4.26. The van der Waals surface area contributed by atoms with Gasteiger partial charge in [-0.3, -0.25) is 5.32 Å². The molecule has 2 rings (SSSR count). The zero-order valence-electron chi connectivity index (χ0n) is 13.3. The maximum absolute atomic E-state index is 5.65. The first-order valence-electron chi connectivity index (χ1n) is 7.48. The summed E-state index contributed by atoms with van der Waals surface area (Å²) in [5.41, 5.74) is 1.48. The Hall–Kier alpha value is -2.25. The normalized spacial score (nSPS) is 11.2. The van der Waals surface area contributed by atoms with Gasteiger partial charge in [0.15, 0.2) is 0 Å². The Labute approximate surface area is 131 Å². The molecule has 0 atom stereocenters. The minimum absolute atomic E-state index is 0.279. The summed E-state index contributed by atoms with van der Waals surface area (Å²) in [6.45, 7) is 4.76. The van der Waals surface area contributed by atoms with E-state index in [1.807, 2.05) is 24.3 Å². The van der Waals surface area contributed by atoms with Crippen LogP contribution in [0.3, 0.4) is 0 Å². The number of hydrogen-bond donors (Lipinski definition) is 1. The molecule has 0 saturated heterocycles. The van der Waals surface area contributed by atoms with Gasteiger partial charge >= 0.3 is 0 Å². The molecule has 4 nitrogen and oxygen atoms in total. The van der Waals surface area contributed by atoms with E-state index in [4.69, 9.17) is 15.6 Å². The van der Waals surface area contributed by atoms with Crippen molar-refractivity contribution in [2.24, 2.45) is 0 Å². The zero-order chi connectivity index (χ0) is 16.0. The van der Waals surface area contributed by atoms with Crippen LogP contribution in [0, 0.1) is 12.3 Å². The Bertz CT molecular complexity index is 634. The molecule has 2 aromatic rings. The van der Waals surface area contributed by atoms with E-state index in [0.29, 0.717) is 12.4 Å². The van der Waals surface area contributed by atoms with Gasteiger partial charge in [-0.2, -0.15) is 0 Å². The maximum atomic E-state index is 5.65. The van der Waals surface area contributed by atoms with Crippen LogP contribution in [0.15, 0.2) is 34.9 Å². The van der Waals surface area contributed by atoms with Crippen LogP contribution in [0.2, 0.25) is 0 Å². The van der Waals surface area contributed by atoms with Crippen molar-refractivity contribution in [1.82, 2.24) is 10.3 Å². The predicted octanol–water partition coefficient (Wildman–Crippen LogP) is 3.63. The van der Waals surface area contributed by atoms with Gasteiger partial charge in [-0.15, -0.1) is 6.42 Å². The largest absolute Gasteiger partial charge is 0.497 e. The highest BCUT2D eigenvalue weighted by atomic mass is 16.5. The third-order valence-electron chi connectivity index (χ3n) is 3.98. The monoisotopic (exact) mass is 298 g/mol. The summed E-state index contributed by atoms with van der Waals surface area (Å²) >= 11 is 0. The third kappa shape index (κ3) is 3.49. The number of rotatable bonds is 7. The summed E-state index contributed by atoms with van der Waals surface area (Å²) in [6, 6.07) is 7.61. The van der Waals surface area contributed by atoms with E-state index >= 15 is 0 Å². The van der Waals surface area contributed by atoms with Crippen molar-refractivity contribution in [3.8, 4) is 29.5 Å². The van der Waals surface area contributed by atoms with Crippen molar-refractivity contribution in [2.45, 2.75) is 38.8 Å². The van der Waals surface area contributed by atoms with E-state index in [0.717, 1.165) is 29.8 Å². The summed E-state index contributed by atoms with van der Waals surface area (Å²) in [7, 11) is 1.64. The number of hydrogen-bond acceptors (Lipinski definition) is 4. The fraction of sp³-hybridized carbons (Fsp3) is 0.389. The van der Waals surface area contributed by atoms with Crippen molar-refractivity contribution in [1.29, 1.82) is 0 Å². The molecule has 4 heteroatoms. The van der Waals surface area contributed by atoms with Crippen molar-refractivity contribution in [3.63, 3.8) is 0 Å². The molecule has 1 heterocycles. The molecule has 0 saturated carbocycles. The lowest BCUT2D eigenvalue weighted by molar-refractivity contribution is 0.387. The lowest BCUT2D eigenvalue weighted by Gasteiger charge is -2.26. The highest BCUT2D eigenvalue weighted by Crippen LogP contribution is 2.22. The highest BCUT2D eigenvalue weighted by molar-refractivity contribution is 5.54. The third-order valence-corrected chi connectivity index (χ3v) is 3.98. The number of benzene rings is 1. The minimum atomic E-state index is -0.279. The van der Waals surface area contributed by atoms with Crippen LogP contribution in [-0.4, -0.2) is 17.6 Å². The average Bonchev–Trinajstić information content (AvgIpc) is 3.06. The summed E-state index contributed by atoms with van der Waals surface area (Å²) in [4.78, 5) is 4.50. The predicted molar refractivity (Wildman–Crippen MR) is 87.5 cm³/mol. The van der Waals surface area contributed by atoms with Crippen LogP contribution in [-0.2, 0) is 6.54 Å². The van der Waals surface area contributed by atoms with Gasteiger partial charge in [0, 0.05) is 12.1 Å². The van der Waals surface area contributed by atoms with Crippen LogP contribution in [0.1, 0.15) is 32.4 Å². The molecule has 0 aliphatic carbocycles. The Morgan fingerprint density at radius 3 is 2.50 bits per heavy atom. The molecule has 0 radical (unpaired) electrons. The average molecular weight is 298 g/mol. The molecule has 116 valence electrons. The van der Waals surface area contributed by atoms with Crippen LogP contribution in [0.5, 0.6) is 5.75 Å². The molecular weight excluding hydrogens is 276 g/mol. The lowest BCUT2D eigenvalue weighted by atomic mass is 9.94. The lowest BCUT2D eigenvalue weighted by Crippen LogP contribution is -2.42. The van der Waals surface area contributed by atoms with Gasteiger partial charge in [-0.05, 0) is 37.1 Å². The van der Waals surface area contributed by atoms with Gasteiger partial charge in [0.2, 0.25) is 5.89 Å². The standard InChI is InChI=1S/C18H22N2O2/c1-5-18(6-2,7-3)19-12-15-13-22-17(20-15)14-8-10-16(21-4)11-9-14/h1,8-11,13,19H,6-7,12H2,2-4H3. The van der Waals surface area contributed by atoms with Crippen LogP contribution in [0.4, 0.5) is 0 Å². The van der Waals surface area contributed by atoms with Crippen molar-refractivity contribution >= 4 is 0 Å². The van der Waals surface area contributed by atoms with E-state index in [-0.39, 0.29) is 5.54 Å². The Morgan fingerprint density at radius 1 is 1.27 bits per heavy atom. The van der Waals surface area contributed by atoms with E-state index in [2.05, 4.69) is 30.1 Å². The van der Waals surface area contributed by atoms with E-state index < -0.39 is 0 Å². The number of oxazole rings is 1. The molecule has 0 amide bonds. The SMILES string of the molecule is C#CC(CC)(CC)NCc1coc(-c2ccc(OC)cc2)n1. The fourth-order valence-electron chi connectivity index (χ4n) is 2.27. The molecule has 1 aromatic carbocycles. The Balaban J connectivity index is 2.06. The van der Waals surface area contributed by atoms with Gasteiger partial charge < -0.3 is 9.15 Å². The number of aromatic nitrogens is 1. The van der Waals surface area contributed by atoms with Crippen LogP contribution >= 0.6 is 0 Å². The van der Waals surface area contributed by atoms with Crippen LogP contribution < -0.4 is 10.1 Å². The van der Waals surface area contributed by atoms with E-state index in [9.17, 15) is 0 Å². The highest BCUT2D eigenvalue weighted by Gasteiger charge is 2.22. The minimum Gasteiger partial charge on any atom is -0.497 e. The van der Waals surface area contributed by atoms with Crippen LogP contribution in [0.25, 0.3) is 11.5 Å².